The van der Waals surface area contributed by atoms with Crippen molar-refractivity contribution in [2.45, 2.75) is 0 Å². The lowest BCUT2D eigenvalue weighted by atomic mass is 10.2. The minimum atomic E-state index is 0.302. The number of nitrogens with zero attached hydrogens (tertiary/aromatic N) is 4. The second-order valence-corrected chi connectivity index (χ2v) is 2.44. The normalized spacial score (nSPS) is 8.50. The zero-order valence-corrected chi connectivity index (χ0v) is 7.42. The van der Waals surface area contributed by atoms with Crippen LogP contribution in [-0.2, 0) is 0 Å². The van der Waals surface area contributed by atoms with Crippen LogP contribution in [-0.4, -0.2) is 13.2 Å². The Bertz CT molecular complexity index is 373. The molecule has 0 heterocycles. The van der Waals surface area contributed by atoms with Gasteiger partial charge in [0, 0.05) is 4.91 Å². The van der Waals surface area contributed by atoms with Gasteiger partial charge in [-0.2, -0.15) is 5.26 Å². The van der Waals surface area contributed by atoms with E-state index in [0.717, 1.165) is 0 Å². The van der Waals surface area contributed by atoms with Gasteiger partial charge in [0.25, 0.3) is 0 Å². The van der Waals surface area contributed by atoms with Crippen molar-refractivity contribution in [1.82, 2.24) is 0 Å². The van der Waals surface area contributed by atoms with E-state index in [1.54, 1.807) is 24.3 Å². The molecule has 0 atom stereocenters. The van der Waals surface area contributed by atoms with E-state index in [0.29, 0.717) is 24.5 Å². The maximum Gasteiger partial charge on any atom is 0.119 e. The van der Waals surface area contributed by atoms with Gasteiger partial charge in [-0.25, -0.2) is 0 Å². The molecule has 0 aliphatic heterocycles. The van der Waals surface area contributed by atoms with Crippen LogP contribution in [0.15, 0.2) is 29.4 Å². The SMILES string of the molecule is N#Cc1ccc(OCCN=[N+]=[N-])cc1. The van der Waals surface area contributed by atoms with E-state index in [2.05, 4.69) is 10.0 Å². The van der Waals surface area contributed by atoms with Crippen LogP contribution in [0.2, 0.25) is 0 Å². The Kier molecular flexibility index (Phi) is 3.86. The van der Waals surface area contributed by atoms with Gasteiger partial charge < -0.3 is 4.74 Å². The van der Waals surface area contributed by atoms with Crippen molar-refractivity contribution in [3.05, 3.63) is 40.3 Å². The summed E-state index contributed by atoms with van der Waals surface area (Å²) in [6, 6.07) is 8.75. The third kappa shape index (κ3) is 3.05. The summed E-state index contributed by atoms with van der Waals surface area (Å²) < 4.78 is 5.23. The Balaban J connectivity index is 2.44. The van der Waals surface area contributed by atoms with E-state index in [1.165, 1.54) is 0 Å². The van der Waals surface area contributed by atoms with Crippen LogP contribution in [0.5, 0.6) is 5.75 Å². The first-order valence-electron chi connectivity index (χ1n) is 4.00. The summed E-state index contributed by atoms with van der Waals surface area (Å²) in [4.78, 5) is 2.60. The van der Waals surface area contributed by atoms with Gasteiger partial charge in [-0.15, -0.1) is 0 Å². The van der Waals surface area contributed by atoms with Gasteiger partial charge in [-0.3, -0.25) is 0 Å². The van der Waals surface area contributed by atoms with Crippen molar-refractivity contribution in [2.75, 3.05) is 13.2 Å². The Morgan fingerprint density at radius 3 is 2.71 bits per heavy atom. The average Bonchev–Trinajstić information content (AvgIpc) is 2.25. The van der Waals surface area contributed by atoms with Crippen LogP contribution >= 0.6 is 0 Å². The van der Waals surface area contributed by atoms with E-state index in [1.807, 2.05) is 6.07 Å². The van der Waals surface area contributed by atoms with E-state index >= 15 is 0 Å². The summed E-state index contributed by atoms with van der Waals surface area (Å²) in [5, 5.41) is 11.9. The van der Waals surface area contributed by atoms with Crippen molar-refractivity contribution < 1.29 is 4.74 Å². The average molecular weight is 188 g/mol. The van der Waals surface area contributed by atoms with Crippen LogP contribution in [0.3, 0.4) is 0 Å². The van der Waals surface area contributed by atoms with Crippen molar-refractivity contribution in [2.24, 2.45) is 5.11 Å². The molecule has 0 spiro atoms. The van der Waals surface area contributed by atoms with Gasteiger partial charge in [0.15, 0.2) is 0 Å². The summed E-state index contributed by atoms with van der Waals surface area (Å²) >= 11 is 0. The molecule has 14 heavy (non-hydrogen) atoms. The third-order valence-corrected chi connectivity index (χ3v) is 1.51. The zero-order chi connectivity index (χ0) is 10.2. The molecule has 0 saturated carbocycles. The highest BCUT2D eigenvalue weighted by Gasteiger charge is 1.93. The van der Waals surface area contributed by atoms with Crippen molar-refractivity contribution in [3.8, 4) is 11.8 Å². The molecule has 0 unspecified atom stereocenters. The molecule has 5 heteroatoms. The summed E-state index contributed by atoms with van der Waals surface area (Å²) in [6.07, 6.45) is 0. The molecule has 0 fully saturated rings. The first-order valence-corrected chi connectivity index (χ1v) is 4.00. The van der Waals surface area contributed by atoms with Crippen LogP contribution in [0.4, 0.5) is 0 Å². The van der Waals surface area contributed by atoms with Crippen molar-refractivity contribution >= 4 is 0 Å². The lowest BCUT2D eigenvalue weighted by molar-refractivity contribution is 0.328. The van der Waals surface area contributed by atoms with E-state index in [4.69, 9.17) is 15.5 Å². The van der Waals surface area contributed by atoms with Gasteiger partial charge in [0.2, 0.25) is 0 Å². The Morgan fingerprint density at radius 1 is 1.43 bits per heavy atom. The number of rotatable bonds is 4. The Morgan fingerprint density at radius 2 is 2.14 bits per heavy atom. The summed E-state index contributed by atoms with van der Waals surface area (Å²) in [5.41, 5.74) is 8.59. The maximum atomic E-state index is 8.53. The lowest BCUT2D eigenvalue weighted by Gasteiger charge is -2.02. The highest BCUT2D eigenvalue weighted by Crippen LogP contribution is 2.10. The van der Waals surface area contributed by atoms with Crippen LogP contribution in [0, 0.1) is 11.3 Å². The molecule has 0 aliphatic carbocycles. The first-order chi connectivity index (χ1) is 6.86. The van der Waals surface area contributed by atoms with Gasteiger partial charge >= 0.3 is 0 Å². The first kappa shape index (κ1) is 9.90. The Labute approximate surface area is 81.2 Å². The van der Waals surface area contributed by atoms with E-state index in [-0.39, 0.29) is 0 Å². The number of hydrogen-bond donors (Lipinski definition) is 0. The molecule has 0 bridgehead atoms. The topological polar surface area (TPSA) is 81.8 Å². The standard InChI is InChI=1S/C9H8N4O/c10-7-8-1-3-9(4-2-8)14-6-5-12-13-11/h1-4H,5-6H2. The number of hydrogen-bond acceptors (Lipinski definition) is 3. The molecule has 70 valence electrons. The molecular formula is C9H8N4O. The van der Waals surface area contributed by atoms with Crippen LogP contribution in [0.25, 0.3) is 10.4 Å². The largest absolute Gasteiger partial charge is 0.493 e. The number of nitriles is 1. The van der Waals surface area contributed by atoms with Crippen molar-refractivity contribution in [1.29, 1.82) is 5.26 Å². The summed E-state index contributed by atoms with van der Waals surface area (Å²) in [5.74, 6) is 0.664. The number of benzene rings is 1. The smallest absolute Gasteiger partial charge is 0.119 e. The fraction of sp³-hybridized carbons (Fsp3) is 0.222. The fourth-order valence-electron chi connectivity index (χ4n) is 0.875. The molecule has 0 radical (unpaired) electrons. The minimum Gasteiger partial charge on any atom is -0.493 e. The maximum absolute atomic E-state index is 8.53. The monoisotopic (exact) mass is 188 g/mol. The predicted molar refractivity (Wildman–Crippen MR) is 50.7 cm³/mol. The van der Waals surface area contributed by atoms with Crippen LogP contribution in [0.1, 0.15) is 5.56 Å². The molecule has 1 aromatic carbocycles. The van der Waals surface area contributed by atoms with Gasteiger partial charge in [0.05, 0.1) is 24.8 Å². The molecule has 5 nitrogen and oxygen atoms in total. The fourth-order valence-corrected chi connectivity index (χ4v) is 0.875. The summed E-state index contributed by atoms with van der Waals surface area (Å²) in [7, 11) is 0. The molecule has 0 amide bonds. The van der Waals surface area contributed by atoms with Gasteiger partial charge in [-0.1, -0.05) is 5.11 Å². The molecule has 0 saturated heterocycles. The second-order valence-electron chi connectivity index (χ2n) is 2.44. The quantitative estimate of drug-likeness (QED) is 0.314. The number of ether oxygens (including phenoxy) is 1. The van der Waals surface area contributed by atoms with Crippen LogP contribution < -0.4 is 4.74 Å². The minimum absolute atomic E-state index is 0.302. The molecular weight excluding hydrogens is 180 g/mol. The highest BCUT2D eigenvalue weighted by molar-refractivity contribution is 5.34. The summed E-state index contributed by atoms with van der Waals surface area (Å²) in [6.45, 7) is 0.645. The highest BCUT2D eigenvalue weighted by atomic mass is 16.5. The molecule has 0 N–H and O–H groups in total. The Hall–Kier alpha value is -2.18. The van der Waals surface area contributed by atoms with E-state index in [9.17, 15) is 0 Å². The lowest BCUT2D eigenvalue weighted by Crippen LogP contribution is -1.99. The van der Waals surface area contributed by atoms with Gasteiger partial charge in [-0.05, 0) is 29.8 Å². The third-order valence-electron chi connectivity index (χ3n) is 1.51. The molecule has 0 aromatic heterocycles. The second kappa shape index (κ2) is 5.46. The zero-order valence-electron chi connectivity index (χ0n) is 7.42. The number of azide groups is 1. The van der Waals surface area contributed by atoms with Crippen molar-refractivity contribution in [3.63, 3.8) is 0 Å². The predicted octanol–water partition coefficient (Wildman–Crippen LogP) is 2.25. The van der Waals surface area contributed by atoms with E-state index < -0.39 is 0 Å². The molecule has 1 aromatic rings. The molecule has 0 aliphatic rings. The van der Waals surface area contributed by atoms with Gasteiger partial charge in [0.1, 0.15) is 5.75 Å². The molecule has 1 rings (SSSR count).